The quantitative estimate of drug-likeness (QED) is 0.673. The van der Waals surface area contributed by atoms with Gasteiger partial charge in [-0.2, -0.15) is 0 Å². The van der Waals surface area contributed by atoms with E-state index in [1.54, 1.807) is 25.1 Å². The van der Waals surface area contributed by atoms with Crippen LogP contribution in [0.5, 0.6) is 5.75 Å². The smallest absolute Gasteiger partial charge is 0.251 e. The third-order valence-electron chi connectivity index (χ3n) is 4.12. The lowest BCUT2D eigenvalue weighted by atomic mass is 10.1. The van der Waals surface area contributed by atoms with Crippen LogP contribution >= 0.6 is 11.8 Å². The number of carbonyl (C=O) groups is 1. The van der Waals surface area contributed by atoms with Gasteiger partial charge >= 0.3 is 0 Å². The van der Waals surface area contributed by atoms with Crippen LogP contribution in [0.4, 0.5) is 0 Å². The summed E-state index contributed by atoms with van der Waals surface area (Å²) >= 11 is 1.58. The maximum atomic E-state index is 12.4. The van der Waals surface area contributed by atoms with Crippen LogP contribution in [0.1, 0.15) is 21.5 Å². The second kappa shape index (κ2) is 8.10. The van der Waals surface area contributed by atoms with Crippen molar-refractivity contribution in [2.24, 2.45) is 0 Å². The van der Waals surface area contributed by atoms with E-state index in [-0.39, 0.29) is 5.91 Å². The molecule has 3 rings (SSSR count). The molecule has 26 heavy (non-hydrogen) atoms. The monoisotopic (exact) mass is 367 g/mol. The zero-order valence-electron chi connectivity index (χ0n) is 15.0. The molecule has 0 aliphatic rings. The number of nitrogens with zero attached hydrogens (tertiary/aromatic N) is 2. The predicted octanol–water partition coefficient (Wildman–Crippen LogP) is 3.84. The summed E-state index contributed by atoms with van der Waals surface area (Å²) < 4.78 is 7.31. The summed E-state index contributed by atoms with van der Waals surface area (Å²) in [6, 6.07) is 13.4. The molecule has 1 N–H and O–H groups in total. The number of carbonyl (C=O) groups excluding carboxylic acids is 1. The van der Waals surface area contributed by atoms with Gasteiger partial charge < -0.3 is 10.1 Å². The molecule has 0 radical (unpaired) electrons. The molecular weight excluding hydrogens is 346 g/mol. The van der Waals surface area contributed by atoms with Crippen LogP contribution in [0.3, 0.4) is 0 Å². The number of thioether (sulfide) groups is 1. The van der Waals surface area contributed by atoms with E-state index in [1.165, 1.54) is 0 Å². The van der Waals surface area contributed by atoms with Crippen LogP contribution in [-0.2, 0) is 6.54 Å². The summed E-state index contributed by atoms with van der Waals surface area (Å²) in [5.74, 6) is 0.720. The van der Waals surface area contributed by atoms with Gasteiger partial charge in [0.25, 0.3) is 5.91 Å². The molecule has 0 aliphatic heterocycles. The molecule has 6 heteroatoms. The average molecular weight is 367 g/mol. The van der Waals surface area contributed by atoms with Crippen LogP contribution in [0.25, 0.3) is 5.69 Å². The molecule has 3 aromatic rings. The first-order valence-electron chi connectivity index (χ1n) is 8.22. The Hall–Kier alpha value is -2.73. The third kappa shape index (κ3) is 3.91. The molecule has 134 valence electrons. The first-order valence-corrected chi connectivity index (χ1v) is 9.44. The highest BCUT2D eigenvalue weighted by Crippen LogP contribution is 2.20. The summed E-state index contributed by atoms with van der Waals surface area (Å²) in [5, 5.41) is 3.86. The molecule has 0 bridgehead atoms. The fourth-order valence-corrected chi connectivity index (χ4v) is 3.20. The van der Waals surface area contributed by atoms with Gasteiger partial charge in [0.05, 0.1) is 7.11 Å². The second-order valence-corrected chi connectivity index (χ2v) is 6.59. The highest BCUT2D eigenvalue weighted by molar-refractivity contribution is 7.98. The molecule has 1 aromatic heterocycles. The van der Waals surface area contributed by atoms with Gasteiger partial charge in [-0.3, -0.25) is 9.36 Å². The number of nitrogens with one attached hydrogen (secondary N) is 1. The summed E-state index contributed by atoms with van der Waals surface area (Å²) in [5.41, 5.74) is 3.67. The standard InChI is InChI=1S/C20H21N3O2S/c1-14-4-5-15(12-18(14)25-2)13-22-19(24)16-6-8-17(9-7-16)23-11-10-21-20(23)26-3/h4-12H,13H2,1-3H3,(H,22,24). The number of aromatic nitrogens is 2. The zero-order chi connectivity index (χ0) is 18.5. The number of aryl methyl sites for hydroxylation is 1. The number of amides is 1. The summed E-state index contributed by atoms with van der Waals surface area (Å²) in [7, 11) is 1.65. The van der Waals surface area contributed by atoms with Crippen molar-refractivity contribution in [3.63, 3.8) is 0 Å². The van der Waals surface area contributed by atoms with Gasteiger partial charge in [-0.05, 0) is 54.6 Å². The maximum absolute atomic E-state index is 12.4. The van der Waals surface area contributed by atoms with E-state index in [4.69, 9.17) is 4.74 Å². The van der Waals surface area contributed by atoms with Crippen LogP contribution in [-0.4, -0.2) is 28.8 Å². The minimum atomic E-state index is -0.105. The van der Waals surface area contributed by atoms with Gasteiger partial charge in [0.1, 0.15) is 5.75 Å². The molecule has 0 atom stereocenters. The van der Waals surface area contributed by atoms with Crippen LogP contribution < -0.4 is 10.1 Å². The van der Waals surface area contributed by atoms with Crippen molar-refractivity contribution >= 4 is 17.7 Å². The number of rotatable bonds is 6. The topological polar surface area (TPSA) is 56.1 Å². The van der Waals surface area contributed by atoms with E-state index in [2.05, 4.69) is 10.3 Å². The van der Waals surface area contributed by atoms with Gasteiger partial charge in [-0.25, -0.2) is 4.98 Å². The van der Waals surface area contributed by atoms with E-state index >= 15 is 0 Å². The number of hydrogen-bond donors (Lipinski definition) is 1. The molecular formula is C20H21N3O2S. The zero-order valence-corrected chi connectivity index (χ0v) is 15.8. The minimum absolute atomic E-state index is 0.105. The third-order valence-corrected chi connectivity index (χ3v) is 4.79. The Kier molecular flexibility index (Phi) is 5.63. The molecule has 1 amide bonds. The van der Waals surface area contributed by atoms with Crippen molar-refractivity contribution in [1.29, 1.82) is 0 Å². The van der Waals surface area contributed by atoms with E-state index in [0.717, 1.165) is 27.7 Å². The van der Waals surface area contributed by atoms with Gasteiger partial charge in [-0.1, -0.05) is 23.9 Å². The highest BCUT2D eigenvalue weighted by atomic mass is 32.2. The molecule has 0 unspecified atom stereocenters. The summed E-state index contributed by atoms with van der Waals surface area (Å²) in [6.07, 6.45) is 5.66. The first kappa shape index (κ1) is 18.1. The van der Waals surface area contributed by atoms with Crippen molar-refractivity contribution in [2.75, 3.05) is 13.4 Å². The minimum Gasteiger partial charge on any atom is -0.496 e. The molecule has 1 heterocycles. The van der Waals surface area contributed by atoms with Crippen LogP contribution in [0.2, 0.25) is 0 Å². The summed E-state index contributed by atoms with van der Waals surface area (Å²) in [4.78, 5) is 16.7. The van der Waals surface area contributed by atoms with Gasteiger partial charge in [-0.15, -0.1) is 0 Å². The first-order chi connectivity index (χ1) is 12.6. The number of benzene rings is 2. The molecule has 0 spiro atoms. The molecule has 0 saturated carbocycles. The fraction of sp³-hybridized carbons (Fsp3) is 0.200. The van der Waals surface area contributed by atoms with Gasteiger partial charge in [0, 0.05) is 30.2 Å². The largest absolute Gasteiger partial charge is 0.496 e. The van der Waals surface area contributed by atoms with Crippen molar-refractivity contribution in [3.8, 4) is 11.4 Å². The maximum Gasteiger partial charge on any atom is 0.251 e. The lowest BCUT2D eigenvalue weighted by molar-refractivity contribution is 0.0951. The Balaban J connectivity index is 1.67. The molecule has 2 aromatic carbocycles. The Labute approximate surface area is 157 Å². The molecule has 0 fully saturated rings. The number of ether oxygens (including phenoxy) is 1. The van der Waals surface area contributed by atoms with Gasteiger partial charge in [0.2, 0.25) is 0 Å². The fourth-order valence-electron chi connectivity index (χ4n) is 2.67. The summed E-state index contributed by atoms with van der Waals surface area (Å²) in [6.45, 7) is 2.45. The van der Waals surface area contributed by atoms with E-state index in [0.29, 0.717) is 12.1 Å². The van der Waals surface area contributed by atoms with E-state index in [9.17, 15) is 4.79 Å². The van der Waals surface area contributed by atoms with E-state index in [1.807, 2.05) is 66.4 Å². The normalized spacial score (nSPS) is 10.6. The van der Waals surface area contributed by atoms with Crippen LogP contribution in [0.15, 0.2) is 60.0 Å². The van der Waals surface area contributed by atoms with E-state index < -0.39 is 0 Å². The van der Waals surface area contributed by atoms with Crippen molar-refractivity contribution < 1.29 is 9.53 Å². The highest BCUT2D eigenvalue weighted by Gasteiger charge is 2.08. The van der Waals surface area contributed by atoms with Crippen molar-refractivity contribution in [1.82, 2.24) is 14.9 Å². The lowest BCUT2D eigenvalue weighted by Crippen LogP contribution is -2.22. The lowest BCUT2D eigenvalue weighted by Gasteiger charge is -2.10. The molecule has 0 aliphatic carbocycles. The Bertz CT molecular complexity index is 904. The predicted molar refractivity (Wildman–Crippen MR) is 104 cm³/mol. The molecule has 5 nitrogen and oxygen atoms in total. The average Bonchev–Trinajstić information content (AvgIpc) is 3.16. The Morgan fingerprint density at radius 3 is 2.69 bits per heavy atom. The number of imidazole rings is 1. The van der Waals surface area contributed by atoms with Crippen LogP contribution in [0, 0.1) is 6.92 Å². The second-order valence-electron chi connectivity index (χ2n) is 5.82. The number of hydrogen-bond acceptors (Lipinski definition) is 4. The Morgan fingerprint density at radius 1 is 1.23 bits per heavy atom. The van der Waals surface area contributed by atoms with Crippen molar-refractivity contribution in [2.45, 2.75) is 18.6 Å². The SMILES string of the molecule is COc1cc(CNC(=O)c2ccc(-n3ccnc3SC)cc2)ccc1C. The van der Waals surface area contributed by atoms with Crippen molar-refractivity contribution in [3.05, 3.63) is 71.5 Å². The number of methoxy groups -OCH3 is 1. The Morgan fingerprint density at radius 2 is 2.00 bits per heavy atom. The van der Waals surface area contributed by atoms with Gasteiger partial charge in [0.15, 0.2) is 5.16 Å². The molecule has 0 saturated heterocycles.